The number of aromatic hydroxyl groups is 1. The van der Waals surface area contributed by atoms with Crippen molar-refractivity contribution < 1.29 is 19.8 Å². The predicted molar refractivity (Wildman–Crippen MR) is 74.2 cm³/mol. The van der Waals surface area contributed by atoms with Gasteiger partial charge in [0.2, 0.25) is 0 Å². The SMILES string of the molecule is CCCCC(NC(=O)c1cc(Br)ccc1O)C(=O)O. The molecule has 0 saturated carbocycles. The van der Waals surface area contributed by atoms with Crippen LogP contribution >= 0.6 is 15.9 Å². The first kappa shape index (κ1) is 15.5. The topological polar surface area (TPSA) is 86.6 Å². The van der Waals surface area contributed by atoms with E-state index in [1.54, 1.807) is 6.07 Å². The van der Waals surface area contributed by atoms with Crippen LogP contribution in [-0.4, -0.2) is 28.1 Å². The molecule has 0 bridgehead atoms. The largest absolute Gasteiger partial charge is 0.507 e. The average molecular weight is 330 g/mol. The van der Waals surface area contributed by atoms with Crippen LogP contribution in [0.1, 0.15) is 36.5 Å². The molecule has 104 valence electrons. The summed E-state index contributed by atoms with van der Waals surface area (Å²) in [5, 5.41) is 21.1. The number of carbonyl (C=O) groups is 2. The summed E-state index contributed by atoms with van der Waals surface area (Å²) >= 11 is 3.19. The van der Waals surface area contributed by atoms with Crippen molar-refractivity contribution in [3.8, 4) is 5.75 Å². The van der Waals surface area contributed by atoms with Gasteiger partial charge >= 0.3 is 5.97 Å². The Hall–Kier alpha value is -1.56. The third-order valence-corrected chi connectivity index (χ3v) is 3.15. The molecule has 0 aliphatic carbocycles. The summed E-state index contributed by atoms with van der Waals surface area (Å²) in [6.07, 6.45) is 1.93. The molecule has 1 unspecified atom stereocenters. The highest BCUT2D eigenvalue weighted by Crippen LogP contribution is 2.21. The monoisotopic (exact) mass is 329 g/mol. The molecule has 19 heavy (non-hydrogen) atoms. The van der Waals surface area contributed by atoms with Gasteiger partial charge in [-0.25, -0.2) is 4.79 Å². The first-order valence-corrected chi connectivity index (χ1v) is 6.77. The number of phenolic OH excluding ortho intramolecular Hbond substituents is 1. The van der Waals surface area contributed by atoms with Crippen molar-refractivity contribution in [3.63, 3.8) is 0 Å². The summed E-state index contributed by atoms with van der Waals surface area (Å²) in [7, 11) is 0. The maximum atomic E-state index is 11.9. The van der Waals surface area contributed by atoms with E-state index in [4.69, 9.17) is 5.11 Å². The van der Waals surface area contributed by atoms with Gasteiger partial charge in [0.15, 0.2) is 0 Å². The van der Waals surface area contributed by atoms with Gasteiger partial charge in [-0.2, -0.15) is 0 Å². The van der Waals surface area contributed by atoms with E-state index in [1.165, 1.54) is 12.1 Å². The average Bonchev–Trinajstić information content (AvgIpc) is 2.36. The van der Waals surface area contributed by atoms with Gasteiger partial charge in [-0.05, 0) is 24.6 Å². The highest BCUT2D eigenvalue weighted by Gasteiger charge is 2.21. The van der Waals surface area contributed by atoms with Crippen LogP contribution in [0.15, 0.2) is 22.7 Å². The van der Waals surface area contributed by atoms with Crippen LogP contribution in [0.5, 0.6) is 5.75 Å². The highest BCUT2D eigenvalue weighted by atomic mass is 79.9. The number of aliphatic carboxylic acids is 1. The van der Waals surface area contributed by atoms with E-state index in [-0.39, 0.29) is 11.3 Å². The van der Waals surface area contributed by atoms with Gasteiger partial charge < -0.3 is 15.5 Å². The molecular formula is C13H16BrNO4. The Morgan fingerprint density at radius 2 is 2.11 bits per heavy atom. The zero-order valence-corrected chi connectivity index (χ0v) is 12.1. The molecule has 0 aliphatic heterocycles. The number of benzene rings is 1. The third-order valence-electron chi connectivity index (χ3n) is 2.65. The number of nitrogens with one attached hydrogen (secondary N) is 1. The number of carboxylic acid groups (broad SMARTS) is 1. The molecule has 1 aromatic rings. The summed E-state index contributed by atoms with van der Waals surface area (Å²) < 4.78 is 0.635. The molecule has 1 atom stereocenters. The lowest BCUT2D eigenvalue weighted by atomic mass is 10.1. The molecule has 0 radical (unpaired) electrons. The first-order chi connectivity index (χ1) is 8.95. The number of hydrogen-bond acceptors (Lipinski definition) is 3. The summed E-state index contributed by atoms with van der Waals surface area (Å²) in [4.78, 5) is 23.0. The molecule has 5 nitrogen and oxygen atoms in total. The van der Waals surface area contributed by atoms with Crippen LogP contribution in [0.3, 0.4) is 0 Å². The van der Waals surface area contributed by atoms with Crippen LogP contribution in [0, 0.1) is 0 Å². The zero-order valence-electron chi connectivity index (χ0n) is 10.5. The Balaban J connectivity index is 2.81. The van der Waals surface area contributed by atoms with E-state index in [0.717, 1.165) is 6.42 Å². The van der Waals surface area contributed by atoms with E-state index in [1.807, 2.05) is 6.92 Å². The minimum atomic E-state index is -1.07. The molecule has 0 aromatic heterocycles. The first-order valence-electron chi connectivity index (χ1n) is 5.98. The van der Waals surface area contributed by atoms with Crippen LogP contribution in [-0.2, 0) is 4.79 Å². The zero-order chi connectivity index (χ0) is 14.4. The summed E-state index contributed by atoms with van der Waals surface area (Å²) in [6, 6.07) is 3.48. The Kier molecular flexibility index (Phi) is 5.82. The Labute approximate surface area is 119 Å². The lowest BCUT2D eigenvalue weighted by molar-refractivity contribution is -0.139. The molecule has 0 heterocycles. The van der Waals surface area contributed by atoms with Gasteiger partial charge in [0.1, 0.15) is 11.8 Å². The second-order valence-corrected chi connectivity index (χ2v) is 5.08. The van der Waals surface area contributed by atoms with Crippen LogP contribution in [0.2, 0.25) is 0 Å². The van der Waals surface area contributed by atoms with E-state index in [0.29, 0.717) is 17.3 Å². The maximum Gasteiger partial charge on any atom is 0.326 e. The van der Waals surface area contributed by atoms with Crippen molar-refractivity contribution in [1.29, 1.82) is 0 Å². The van der Waals surface area contributed by atoms with Gasteiger partial charge in [-0.15, -0.1) is 0 Å². The van der Waals surface area contributed by atoms with Crippen LogP contribution in [0.25, 0.3) is 0 Å². The molecule has 1 amide bonds. The Morgan fingerprint density at radius 3 is 2.68 bits per heavy atom. The molecule has 0 spiro atoms. The second kappa shape index (κ2) is 7.13. The quantitative estimate of drug-likeness (QED) is 0.748. The van der Waals surface area contributed by atoms with Crippen molar-refractivity contribution in [2.24, 2.45) is 0 Å². The Bertz CT molecular complexity index is 476. The second-order valence-electron chi connectivity index (χ2n) is 4.17. The molecule has 0 saturated heterocycles. The van der Waals surface area contributed by atoms with Gasteiger partial charge in [-0.3, -0.25) is 4.79 Å². The fourth-order valence-corrected chi connectivity index (χ4v) is 1.95. The van der Waals surface area contributed by atoms with Gasteiger partial charge in [0.05, 0.1) is 5.56 Å². The minimum Gasteiger partial charge on any atom is -0.507 e. The normalized spacial score (nSPS) is 11.9. The number of halogens is 1. The minimum absolute atomic E-state index is 0.0529. The van der Waals surface area contributed by atoms with Crippen molar-refractivity contribution in [2.75, 3.05) is 0 Å². The van der Waals surface area contributed by atoms with Crippen molar-refractivity contribution in [1.82, 2.24) is 5.32 Å². The van der Waals surface area contributed by atoms with E-state index >= 15 is 0 Å². The number of amides is 1. The maximum absolute atomic E-state index is 11.9. The van der Waals surface area contributed by atoms with Gasteiger partial charge in [0.25, 0.3) is 5.91 Å². The standard InChI is InChI=1S/C13H16BrNO4/c1-2-3-4-10(13(18)19)15-12(17)9-7-8(14)5-6-11(9)16/h5-7,10,16H,2-4H2,1H3,(H,15,17)(H,18,19). The number of phenols is 1. The molecule has 1 rings (SSSR count). The van der Waals surface area contributed by atoms with Crippen molar-refractivity contribution >= 4 is 27.8 Å². The fraction of sp³-hybridized carbons (Fsp3) is 0.385. The smallest absolute Gasteiger partial charge is 0.326 e. The number of unbranched alkanes of at least 4 members (excludes halogenated alkanes) is 1. The lowest BCUT2D eigenvalue weighted by Gasteiger charge is -2.14. The van der Waals surface area contributed by atoms with E-state index in [2.05, 4.69) is 21.2 Å². The van der Waals surface area contributed by atoms with Gasteiger partial charge in [0, 0.05) is 4.47 Å². The summed E-state index contributed by atoms with van der Waals surface area (Å²) in [6.45, 7) is 1.95. The van der Waals surface area contributed by atoms with Crippen LogP contribution < -0.4 is 5.32 Å². The molecule has 6 heteroatoms. The molecule has 0 aliphatic rings. The van der Waals surface area contributed by atoms with Crippen LogP contribution in [0.4, 0.5) is 0 Å². The Morgan fingerprint density at radius 1 is 1.42 bits per heavy atom. The molecular weight excluding hydrogens is 314 g/mol. The van der Waals surface area contributed by atoms with Crippen molar-refractivity contribution in [3.05, 3.63) is 28.2 Å². The third kappa shape index (κ3) is 4.55. The predicted octanol–water partition coefficient (Wildman–Crippen LogP) is 2.53. The van der Waals surface area contributed by atoms with E-state index in [9.17, 15) is 14.7 Å². The highest BCUT2D eigenvalue weighted by molar-refractivity contribution is 9.10. The summed E-state index contributed by atoms with van der Waals surface area (Å²) in [5.74, 6) is -1.85. The van der Waals surface area contributed by atoms with Gasteiger partial charge in [-0.1, -0.05) is 35.7 Å². The molecule has 1 aromatic carbocycles. The van der Waals surface area contributed by atoms with E-state index < -0.39 is 17.9 Å². The van der Waals surface area contributed by atoms with Crippen molar-refractivity contribution in [2.45, 2.75) is 32.2 Å². The number of rotatable bonds is 6. The number of carbonyl (C=O) groups excluding carboxylic acids is 1. The lowest BCUT2D eigenvalue weighted by Crippen LogP contribution is -2.40. The molecule has 3 N–H and O–H groups in total. The summed E-state index contributed by atoms with van der Waals surface area (Å²) in [5.41, 5.74) is 0.0529. The number of hydrogen-bond donors (Lipinski definition) is 3. The fourth-order valence-electron chi connectivity index (χ4n) is 1.59. The number of carboxylic acids is 1. The molecule has 0 fully saturated rings.